The lowest BCUT2D eigenvalue weighted by Crippen LogP contribution is -2.44. The molecule has 0 radical (unpaired) electrons. The molecular formula is C29H27N3O4. The van der Waals surface area contributed by atoms with Crippen LogP contribution in [0.4, 0.5) is 17.1 Å². The zero-order chi connectivity index (χ0) is 25.4. The molecule has 2 unspecified atom stereocenters. The molecule has 3 aromatic rings. The fourth-order valence-corrected chi connectivity index (χ4v) is 5.31. The lowest BCUT2D eigenvalue weighted by molar-refractivity contribution is -0.384. The number of non-ortho nitro benzene ring substituents is 1. The highest BCUT2D eigenvalue weighted by Gasteiger charge is 2.46. The zero-order valence-electron chi connectivity index (χ0n) is 20.2. The van der Waals surface area contributed by atoms with Crippen LogP contribution in [0.1, 0.15) is 37.4 Å². The summed E-state index contributed by atoms with van der Waals surface area (Å²) in [5.74, 6) is -0.884. The van der Waals surface area contributed by atoms with E-state index in [-0.39, 0.29) is 29.2 Å². The van der Waals surface area contributed by atoms with Gasteiger partial charge in [0.1, 0.15) is 5.78 Å². The van der Waals surface area contributed by atoms with Crippen LogP contribution in [0.15, 0.2) is 90.6 Å². The van der Waals surface area contributed by atoms with Gasteiger partial charge in [-0.3, -0.25) is 19.7 Å². The molecule has 1 N–H and O–H groups in total. The largest absolute Gasteiger partial charge is 0.357 e. The van der Waals surface area contributed by atoms with E-state index in [1.54, 1.807) is 17.0 Å². The van der Waals surface area contributed by atoms with E-state index in [1.807, 2.05) is 68.4 Å². The van der Waals surface area contributed by atoms with E-state index >= 15 is 0 Å². The molecule has 7 nitrogen and oxygen atoms in total. The van der Waals surface area contributed by atoms with E-state index in [9.17, 15) is 19.7 Å². The van der Waals surface area contributed by atoms with Crippen LogP contribution in [0.5, 0.6) is 0 Å². The first kappa shape index (κ1) is 23.5. The van der Waals surface area contributed by atoms with Crippen molar-refractivity contribution in [3.8, 4) is 0 Å². The van der Waals surface area contributed by atoms with Crippen molar-refractivity contribution in [2.24, 2.45) is 11.3 Å². The standard InChI is InChI=1S/C29H27N3O4/c1-29(2)17-23-27(25(33)18-29)28(20-11-8-12-21(16-20)32(35)36)31(24-14-7-6-13-22(24)30-23)26(34)15-19-9-4-3-5-10-19/h3-14,16-17,27-28,30H,15,18H2,1-2H3. The number of nitro benzene ring substituents is 1. The maximum atomic E-state index is 14.0. The fraction of sp³-hybridized carbons (Fsp3) is 0.241. The second-order valence-corrected chi connectivity index (χ2v) is 10.1. The van der Waals surface area contributed by atoms with Crippen LogP contribution in [0.3, 0.4) is 0 Å². The predicted octanol–water partition coefficient (Wildman–Crippen LogP) is 5.84. The summed E-state index contributed by atoms with van der Waals surface area (Å²) in [6.45, 7) is 4.01. The third-order valence-corrected chi connectivity index (χ3v) is 6.78. The molecule has 0 aromatic heterocycles. The van der Waals surface area contributed by atoms with Gasteiger partial charge in [-0.2, -0.15) is 0 Å². The minimum atomic E-state index is -0.743. The second-order valence-electron chi connectivity index (χ2n) is 10.1. The van der Waals surface area contributed by atoms with Crippen LogP contribution in [0, 0.1) is 21.4 Å². The summed E-state index contributed by atoms with van der Waals surface area (Å²) < 4.78 is 0. The Balaban J connectivity index is 1.74. The molecule has 0 saturated carbocycles. The van der Waals surface area contributed by atoms with Gasteiger partial charge in [-0.15, -0.1) is 0 Å². The van der Waals surface area contributed by atoms with Gasteiger partial charge in [0.25, 0.3) is 5.69 Å². The molecule has 1 aliphatic carbocycles. The maximum absolute atomic E-state index is 14.0. The molecule has 3 aromatic carbocycles. The number of nitro groups is 1. The Bertz CT molecular complexity index is 1380. The summed E-state index contributed by atoms with van der Waals surface area (Å²) in [5, 5.41) is 15.1. The highest BCUT2D eigenvalue weighted by atomic mass is 16.6. The van der Waals surface area contributed by atoms with Gasteiger partial charge >= 0.3 is 0 Å². The lowest BCUT2D eigenvalue weighted by Gasteiger charge is -2.39. The summed E-state index contributed by atoms with van der Waals surface area (Å²) in [6, 6.07) is 22.4. The smallest absolute Gasteiger partial charge is 0.269 e. The van der Waals surface area contributed by atoms with E-state index in [4.69, 9.17) is 0 Å². The fourth-order valence-electron chi connectivity index (χ4n) is 5.31. The van der Waals surface area contributed by atoms with Crippen LogP contribution in [0.2, 0.25) is 0 Å². The Hall–Kier alpha value is -4.26. The average Bonchev–Trinajstić information content (AvgIpc) is 2.98. The lowest BCUT2D eigenvalue weighted by atomic mass is 9.72. The van der Waals surface area contributed by atoms with Gasteiger partial charge in [-0.25, -0.2) is 0 Å². The topological polar surface area (TPSA) is 92.6 Å². The average molecular weight is 482 g/mol. The molecule has 0 saturated heterocycles. The van der Waals surface area contributed by atoms with Crippen LogP contribution in [-0.2, 0) is 16.0 Å². The number of allylic oxidation sites excluding steroid dienone is 1. The number of Topliss-reactive ketones (excluding diaryl/α,β-unsaturated/α-hetero) is 1. The number of hydrogen-bond acceptors (Lipinski definition) is 5. The number of amides is 1. The van der Waals surface area contributed by atoms with E-state index in [0.717, 1.165) is 11.3 Å². The Kier molecular flexibility index (Phi) is 5.92. The number of nitrogens with zero attached hydrogens (tertiary/aromatic N) is 2. The number of ketones is 1. The summed E-state index contributed by atoms with van der Waals surface area (Å²) in [5.41, 5.74) is 3.03. The highest BCUT2D eigenvalue weighted by Crippen LogP contribution is 2.49. The molecular weight excluding hydrogens is 454 g/mol. The van der Waals surface area contributed by atoms with E-state index < -0.39 is 16.9 Å². The van der Waals surface area contributed by atoms with Crippen molar-refractivity contribution in [2.75, 3.05) is 10.2 Å². The van der Waals surface area contributed by atoms with Crippen molar-refractivity contribution in [3.63, 3.8) is 0 Å². The van der Waals surface area contributed by atoms with E-state index in [2.05, 4.69) is 11.4 Å². The third kappa shape index (κ3) is 4.40. The highest BCUT2D eigenvalue weighted by molar-refractivity contribution is 6.02. The number of para-hydroxylation sites is 2. The van der Waals surface area contributed by atoms with Gasteiger partial charge in [-0.05, 0) is 28.7 Å². The number of benzene rings is 3. The minimum absolute atomic E-state index is 0.00757. The van der Waals surface area contributed by atoms with Crippen LogP contribution >= 0.6 is 0 Å². The number of fused-ring (bicyclic) bond motifs is 2. The normalized spacial score (nSPS) is 20.3. The molecule has 0 spiro atoms. The zero-order valence-corrected chi connectivity index (χ0v) is 20.2. The molecule has 182 valence electrons. The van der Waals surface area contributed by atoms with Gasteiger partial charge in [-0.1, -0.05) is 74.5 Å². The molecule has 5 rings (SSSR count). The van der Waals surface area contributed by atoms with Gasteiger partial charge in [0.05, 0.1) is 34.7 Å². The second kappa shape index (κ2) is 9.07. The Morgan fingerprint density at radius 2 is 1.78 bits per heavy atom. The summed E-state index contributed by atoms with van der Waals surface area (Å²) in [4.78, 5) is 40.6. The number of rotatable bonds is 4. The monoisotopic (exact) mass is 481 g/mol. The molecule has 0 fully saturated rings. The SMILES string of the molecule is CC1(C)C=C2Nc3ccccc3N(C(=O)Cc3ccccc3)C(c3cccc([N+](=O)[O-])c3)C2C(=O)C1. The first-order valence-electron chi connectivity index (χ1n) is 12.0. The van der Waals surface area contributed by atoms with Crippen molar-refractivity contribution in [1.29, 1.82) is 0 Å². The van der Waals surface area contributed by atoms with Gasteiger partial charge in [0, 0.05) is 24.3 Å². The molecule has 1 amide bonds. The first-order chi connectivity index (χ1) is 17.2. The molecule has 2 aliphatic rings. The number of hydrogen-bond donors (Lipinski definition) is 1. The summed E-state index contributed by atoms with van der Waals surface area (Å²) in [6.07, 6.45) is 2.50. The van der Waals surface area contributed by atoms with Gasteiger partial charge in [0.2, 0.25) is 5.91 Å². The summed E-state index contributed by atoms with van der Waals surface area (Å²) in [7, 11) is 0. The minimum Gasteiger partial charge on any atom is -0.357 e. The molecule has 0 bridgehead atoms. The van der Waals surface area contributed by atoms with Crippen LogP contribution in [0.25, 0.3) is 0 Å². The molecule has 2 atom stereocenters. The molecule has 7 heteroatoms. The number of carbonyl (C=O) groups is 2. The van der Waals surface area contributed by atoms with Crippen LogP contribution < -0.4 is 10.2 Å². The van der Waals surface area contributed by atoms with E-state index in [0.29, 0.717) is 23.4 Å². The van der Waals surface area contributed by atoms with Gasteiger partial charge < -0.3 is 10.2 Å². The van der Waals surface area contributed by atoms with Crippen molar-refractivity contribution in [1.82, 2.24) is 0 Å². The Morgan fingerprint density at radius 1 is 1.06 bits per heavy atom. The number of anilines is 2. The van der Waals surface area contributed by atoms with Crippen LogP contribution in [-0.4, -0.2) is 16.6 Å². The maximum Gasteiger partial charge on any atom is 0.269 e. The molecule has 36 heavy (non-hydrogen) atoms. The van der Waals surface area contributed by atoms with Crippen molar-refractivity contribution >= 4 is 28.8 Å². The summed E-state index contributed by atoms with van der Waals surface area (Å²) >= 11 is 0. The Labute approximate surface area is 209 Å². The third-order valence-electron chi connectivity index (χ3n) is 6.78. The first-order valence-corrected chi connectivity index (χ1v) is 12.0. The van der Waals surface area contributed by atoms with Gasteiger partial charge in [0.15, 0.2) is 0 Å². The molecule has 1 heterocycles. The number of nitrogens with one attached hydrogen (secondary N) is 1. The Morgan fingerprint density at radius 3 is 2.53 bits per heavy atom. The predicted molar refractivity (Wildman–Crippen MR) is 139 cm³/mol. The van der Waals surface area contributed by atoms with Crippen molar-refractivity contribution in [2.45, 2.75) is 32.7 Å². The van der Waals surface area contributed by atoms with E-state index in [1.165, 1.54) is 12.1 Å². The van der Waals surface area contributed by atoms with Crippen molar-refractivity contribution < 1.29 is 14.5 Å². The molecule has 1 aliphatic heterocycles. The number of carbonyl (C=O) groups excluding carboxylic acids is 2. The van der Waals surface area contributed by atoms with Crippen molar-refractivity contribution in [3.05, 3.63) is 112 Å². The quantitative estimate of drug-likeness (QED) is 0.373.